The molecule has 4 aromatic rings. The van der Waals surface area contributed by atoms with Crippen LogP contribution in [0, 0.1) is 5.92 Å². The van der Waals surface area contributed by atoms with Crippen molar-refractivity contribution < 1.29 is 4.74 Å². The molecule has 1 atom stereocenters. The average molecular weight is 458 g/mol. The molecule has 8 nitrogen and oxygen atoms in total. The van der Waals surface area contributed by atoms with Gasteiger partial charge >= 0.3 is 5.69 Å². The van der Waals surface area contributed by atoms with Gasteiger partial charge < -0.3 is 14.2 Å². The number of rotatable bonds is 5. The van der Waals surface area contributed by atoms with E-state index in [1.807, 2.05) is 71.3 Å². The lowest BCUT2D eigenvalue weighted by atomic mass is 10.1. The highest BCUT2D eigenvalue weighted by Gasteiger charge is 2.30. The second-order valence-electron chi connectivity index (χ2n) is 8.65. The van der Waals surface area contributed by atoms with Gasteiger partial charge in [-0.15, -0.1) is 0 Å². The second-order valence-corrected chi connectivity index (χ2v) is 8.65. The molecule has 3 heterocycles. The zero-order valence-electron chi connectivity index (χ0n) is 19.5. The van der Waals surface area contributed by atoms with Gasteiger partial charge in [-0.3, -0.25) is 13.9 Å². The summed E-state index contributed by atoms with van der Waals surface area (Å²) >= 11 is 0. The van der Waals surface area contributed by atoms with Crippen LogP contribution >= 0.6 is 0 Å². The largest absolute Gasteiger partial charge is 0.495 e. The minimum atomic E-state index is -0.387. The fourth-order valence-corrected chi connectivity index (χ4v) is 4.58. The fourth-order valence-electron chi connectivity index (χ4n) is 4.58. The highest BCUT2D eigenvalue weighted by Crippen LogP contribution is 2.37. The third kappa shape index (κ3) is 3.61. The zero-order chi connectivity index (χ0) is 23.8. The number of allylic oxidation sites excluding steroid dienone is 1. The Morgan fingerprint density at radius 3 is 2.56 bits per heavy atom. The van der Waals surface area contributed by atoms with Crippen LogP contribution in [0.2, 0.25) is 0 Å². The van der Waals surface area contributed by atoms with Gasteiger partial charge in [-0.1, -0.05) is 61.5 Å². The molecule has 0 spiro atoms. The molecule has 0 aliphatic carbocycles. The first-order valence-electron chi connectivity index (χ1n) is 11.3. The molecule has 174 valence electrons. The Bertz CT molecular complexity index is 1500. The van der Waals surface area contributed by atoms with Gasteiger partial charge in [0.2, 0.25) is 5.95 Å². The number of methoxy groups -OCH3 is 1. The van der Waals surface area contributed by atoms with E-state index >= 15 is 0 Å². The number of fused-ring (bicyclic) bond motifs is 3. The van der Waals surface area contributed by atoms with Gasteiger partial charge in [0.05, 0.1) is 12.8 Å². The Morgan fingerprint density at radius 2 is 1.79 bits per heavy atom. The molecular formula is C26H27N5O3. The van der Waals surface area contributed by atoms with Crippen molar-refractivity contribution in [2.75, 3.05) is 18.6 Å². The molecule has 1 aliphatic heterocycles. The number of aromatic nitrogens is 4. The van der Waals surface area contributed by atoms with Gasteiger partial charge in [0.25, 0.3) is 5.56 Å². The van der Waals surface area contributed by atoms with Crippen molar-refractivity contribution in [3.63, 3.8) is 0 Å². The quantitative estimate of drug-likeness (QED) is 0.459. The molecule has 2 aromatic heterocycles. The van der Waals surface area contributed by atoms with Gasteiger partial charge in [-0.25, -0.2) is 4.79 Å². The third-order valence-corrected chi connectivity index (χ3v) is 6.22. The summed E-state index contributed by atoms with van der Waals surface area (Å²) in [6, 6.07) is 17.5. The lowest BCUT2D eigenvalue weighted by Gasteiger charge is -2.33. The maximum atomic E-state index is 13.6. The van der Waals surface area contributed by atoms with Gasteiger partial charge in [0, 0.05) is 26.7 Å². The van der Waals surface area contributed by atoms with Crippen molar-refractivity contribution >= 4 is 28.9 Å². The highest BCUT2D eigenvalue weighted by molar-refractivity contribution is 5.78. The van der Waals surface area contributed by atoms with Gasteiger partial charge in [0.1, 0.15) is 5.75 Å². The first kappa shape index (κ1) is 21.8. The molecule has 8 heteroatoms. The molecule has 0 N–H and O–H groups in total. The van der Waals surface area contributed by atoms with Crippen LogP contribution in [0.5, 0.6) is 5.75 Å². The van der Waals surface area contributed by atoms with E-state index in [2.05, 4.69) is 11.8 Å². The third-order valence-electron chi connectivity index (χ3n) is 6.22. The number of nitrogens with zero attached hydrogens (tertiary/aromatic N) is 5. The van der Waals surface area contributed by atoms with E-state index in [-0.39, 0.29) is 23.7 Å². The summed E-state index contributed by atoms with van der Waals surface area (Å²) in [5.74, 6) is 1.63. The minimum Gasteiger partial charge on any atom is -0.495 e. The molecule has 34 heavy (non-hydrogen) atoms. The smallest absolute Gasteiger partial charge is 0.332 e. The van der Waals surface area contributed by atoms with Gasteiger partial charge in [0.15, 0.2) is 11.2 Å². The molecule has 5 rings (SSSR count). The topological polar surface area (TPSA) is 74.3 Å². The normalized spacial score (nSPS) is 15.7. The molecular weight excluding hydrogens is 430 g/mol. The Labute approximate surface area is 197 Å². The van der Waals surface area contributed by atoms with E-state index in [4.69, 9.17) is 9.72 Å². The number of hydrogen-bond donors (Lipinski definition) is 0. The molecule has 0 fully saturated rings. The van der Waals surface area contributed by atoms with Crippen LogP contribution in [-0.2, 0) is 20.1 Å². The number of benzene rings is 2. The van der Waals surface area contributed by atoms with Crippen LogP contribution in [-0.4, -0.2) is 32.3 Å². The van der Waals surface area contributed by atoms with Crippen molar-refractivity contribution in [3.8, 4) is 5.75 Å². The summed E-state index contributed by atoms with van der Waals surface area (Å²) in [7, 11) is 3.30. The number of aryl methyl sites for hydroxylation is 1. The summed E-state index contributed by atoms with van der Waals surface area (Å²) in [6.07, 6.45) is 3.74. The van der Waals surface area contributed by atoms with E-state index in [0.717, 1.165) is 23.5 Å². The number of anilines is 2. The Balaban J connectivity index is 1.65. The fraction of sp³-hybridized carbons (Fsp3) is 0.269. The maximum Gasteiger partial charge on any atom is 0.332 e. The summed E-state index contributed by atoms with van der Waals surface area (Å²) in [5, 5.41) is 0. The van der Waals surface area contributed by atoms with E-state index in [9.17, 15) is 9.59 Å². The molecule has 0 radical (unpaired) electrons. The number of para-hydroxylation sites is 2. The van der Waals surface area contributed by atoms with Crippen molar-refractivity contribution in [2.45, 2.75) is 20.0 Å². The SMILES string of the molecule is COc1ccccc1N1C[C@@H](C)Cn2c1nc1c2c(=O)n(C/C=C/c2ccccc2)c(=O)n1C. The lowest BCUT2D eigenvalue weighted by molar-refractivity contribution is 0.409. The standard InChI is InChI=1S/C26H27N5O3/c1-18-16-30(20-13-7-8-14-21(20)34-3)25-27-23-22(31(25)17-18)24(32)29(26(33)28(23)2)15-9-12-19-10-5-4-6-11-19/h4-14,18H,15-17H2,1-3H3/b12-9+/t18-/m1/s1. The van der Waals surface area contributed by atoms with Crippen molar-refractivity contribution in [1.82, 2.24) is 18.7 Å². The van der Waals surface area contributed by atoms with Gasteiger partial charge in [-0.05, 0) is 23.6 Å². The average Bonchev–Trinajstić information content (AvgIpc) is 3.24. The molecule has 0 saturated heterocycles. The summed E-state index contributed by atoms with van der Waals surface area (Å²) in [6.45, 7) is 3.69. The Hall–Kier alpha value is -4.07. The highest BCUT2D eigenvalue weighted by atomic mass is 16.5. The van der Waals surface area contributed by atoms with E-state index < -0.39 is 0 Å². The van der Waals surface area contributed by atoms with E-state index in [1.54, 1.807) is 14.2 Å². The second kappa shape index (κ2) is 8.70. The number of imidazole rings is 1. The molecule has 2 aromatic carbocycles. The zero-order valence-corrected chi connectivity index (χ0v) is 19.5. The molecule has 0 amide bonds. The maximum absolute atomic E-state index is 13.6. The molecule has 0 unspecified atom stereocenters. The van der Waals surface area contributed by atoms with E-state index in [0.29, 0.717) is 23.7 Å². The van der Waals surface area contributed by atoms with Gasteiger partial charge in [-0.2, -0.15) is 4.98 Å². The van der Waals surface area contributed by atoms with Crippen molar-refractivity contribution in [3.05, 3.63) is 87.1 Å². The van der Waals surface area contributed by atoms with Crippen LogP contribution in [0.15, 0.2) is 70.3 Å². The monoisotopic (exact) mass is 457 g/mol. The van der Waals surface area contributed by atoms with Crippen LogP contribution in [0.4, 0.5) is 11.6 Å². The predicted octanol–water partition coefficient (Wildman–Crippen LogP) is 3.41. The van der Waals surface area contributed by atoms with Crippen LogP contribution in [0.3, 0.4) is 0 Å². The number of ether oxygens (including phenoxy) is 1. The first-order valence-corrected chi connectivity index (χ1v) is 11.3. The van der Waals surface area contributed by atoms with E-state index in [1.165, 1.54) is 9.13 Å². The summed E-state index contributed by atoms with van der Waals surface area (Å²) in [5.41, 5.74) is 2.01. The number of hydrogen-bond acceptors (Lipinski definition) is 5. The molecule has 0 saturated carbocycles. The van der Waals surface area contributed by atoms with Crippen LogP contribution < -0.4 is 20.9 Å². The molecule has 0 bridgehead atoms. The van der Waals surface area contributed by atoms with Crippen LogP contribution in [0.25, 0.3) is 17.2 Å². The first-order chi connectivity index (χ1) is 16.5. The minimum absolute atomic E-state index is 0.183. The van der Waals surface area contributed by atoms with Crippen molar-refractivity contribution in [1.29, 1.82) is 0 Å². The van der Waals surface area contributed by atoms with Crippen LogP contribution in [0.1, 0.15) is 12.5 Å². The summed E-state index contributed by atoms with van der Waals surface area (Å²) in [4.78, 5) is 33.5. The molecule has 1 aliphatic rings. The lowest BCUT2D eigenvalue weighted by Crippen LogP contribution is -2.40. The Kier molecular flexibility index (Phi) is 5.57. The van der Waals surface area contributed by atoms with Crippen molar-refractivity contribution in [2.24, 2.45) is 13.0 Å². The predicted molar refractivity (Wildman–Crippen MR) is 134 cm³/mol. The Morgan fingerprint density at radius 1 is 1.06 bits per heavy atom. The summed E-state index contributed by atoms with van der Waals surface area (Å²) < 4.78 is 10.3.